The topological polar surface area (TPSA) is 105 Å². The molecule has 2 atom stereocenters. The summed E-state index contributed by atoms with van der Waals surface area (Å²) in [7, 11) is -1.20. The molecule has 0 rings (SSSR count). The summed E-state index contributed by atoms with van der Waals surface area (Å²) in [5.41, 5.74) is -0.357. The predicted molar refractivity (Wildman–Crippen MR) is 111 cm³/mol. The SMILES string of the molecule is CCC(C[SiH](OC)OC)N=C=O.CCO[Si](OCC)(OCC)C(CC)N=C=O. The molecule has 0 saturated heterocycles. The molecule has 0 aliphatic carbocycles. The molecule has 0 aromatic carbocycles. The third kappa shape index (κ3) is 11.8. The van der Waals surface area contributed by atoms with Gasteiger partial charge in [-0.15, -0.1) is 0 Å². The van der Waals surface area contributed by atoms with Gasteiger partial charge in [0.25, 0.3) is 0 Å². The molecule has 28 heavy (non-hydrogen) atoms. The lowest BCUT2D eigenvalue weighted by molar-refractivity contribution is 0.0621. The Balaban J connectivity index is 0. The van der Waals surface area contributed by atoms with Gasteiger partial charge >= 0.3 is 18.1 Å². The summed E-state index contributed by atoms with van der Waals surface area (Å²) < 4.78 is 27.1. The molecule has 11 heteroatoms. The maximum absolute atomic E-state index is 10.4. The molecule has 0 saturated carbocycles. The van der Waals surface area contributed by atoms with Crippen LogP contribution in [0.4, 0.5) is 0 Å². The van der Waals surface area contributed by atoms with E-state index in [1.54, 1.807) is 26.4 Å². The van der Waals surface area contributed by atoms with Crippen molar-refractivity contribution in [3.05, 3.63) is 0 Å². The molecule has 0 aromatic heterocycles. The Morgan fingerprint density at radius 1 is 0.821 bits per heavy atom. The second kappa shape index (κ2) is 19.3. The number of nitrogens with zero attached hydrogens (tertiary/aromatic N) is 2. The van der Waals surface area contributed by atoms with Gasteiger partial charge in [0.2, 0.25) is 12.2 Å². The Morgan fingerprint density at radius 2 is 1.29 bits per heavy atom. The van der Waals surface area contributed by atoms with Gasteiger partial charge in [0.05, 0.1) is 6.04 Å². The Hall–Kier alpha value is -1.01. The van der Waals surface area contributed by atoms with Crippen molar-refractivity contribution in [2.24, 2.45) is 9.98 Å². The van der Waals surface area contributed by atoms with Gasteiger partial charge in [0, 0.05) is 40.1 Å². The molecular weight excluding hydrogens is 400 g/mol. The summed E-state index contributed by atoms with van der Waals surface area (Å²) in [6, 6.07) is 0.748. The van der Waals surface area contributed by atoms with Crippen LogP contribution in [0.5, 0.6) is 0 Å². The molecule has 0 aliphatic heterocycles. The summed E-state index contributed by atoms with van der Waals surface area (Å²) >= 11 is 0. The molecule has 0 fully saturated rings. The van der Waals surface area contributed by atoms with Crippen molar-refractivity contribution < 1.29 is 31.7 Å². The maximum Gasteiger partial charge on any atom is 0.527 e. The third-order valence-corrected chi connectivity index (χ3v) is 9.14. The number of hydrogen-bond acceptors (Lipinski definition) is 9. The van der Waals surface area contributed by atoms with Crippen LogP contribution < -0.4 is 0 Å². The molecule has 9 nitrogen and oxygen atoms in total. The molecule has 0 aliphatic rings. The molecule has 2 unspecified atom stereocenters. The average molecular weight is 437 g/mol. The van der Waals surface area contributed by atoms with E-state index < -0.39 is 18.1 Å². The summed E-state index contributed by atoms with van der Waals surface area (Å²) in [5, 5.41) is 0. The normalized spacial score (nSPS) is 13.0. The Kier molecular flexibility index (Phi) is 20.1. The highest BCUT2D eigenvalue weighted by Crippen LogP contribution is 2.20. The van der Waals surface area contributed by atoms with Gasteiger partial charge in [0.1, 0.15) is 5.67 Å². The molecular formula is C17H36N2O7Si2. The smallest absolute Gasteiger partial charge is 0.400 e. The fourth-order valence-electron chi connectivity index (χ4n) is 2.40. The summed E-state index contributed by atoms with van der Waals surface area (Å²) in [6.45, 7) is 11.0. The molecule has 0 spiro atoms. The summed E-state index contributed by atoms with van der Waals surface area (Å²) in [4.78, 5) is 27.8. The van der Waals surface area contributed by atoms with Crippen molar-refractivity contribution in [3.63, 3.8) is 0 Å². The number of aliphatic imine (C=N–C) groups is 2. The van der Waals surface area contributed by atoms with E-state index in [9.17, 15) is 9.59 Å². The van der Waals surface area contributed by atoms with Crippen molar-refractivity contribution >= 4 is 30.2 Å². The molecule has 0 heterocycles. The minimum absolute atomic E-state index is 0.0130. The fourth-order valence-corrected chi connectivity index (χ4v) is 6.60. The lowest BCUT2D eigenvalue weighted by Gasteiger charge is -2.31. The van der Waals surface area contributed by atoms with E-state index in [4.69, 9.17) is 22.1 Å². The van der Waals surface area contributed by atoms with Crippen LogP contribution in [0.25, 0.3) is 0 Å². The van der Waals surface area contributed by atoms with Gasteiger partial charge in [0.15, 0.2) is 0 Å². The zero-order valence-corrected chi connectivity index (χ0v) is 20.4. The lowest BCUT2D eigenvalue weighted by Crippen LogP contribution is -2.55. The highest BCUT2D eigenvalue weighted by molar-refractivity contribution is 6.62. The Bertz CT molecular complexity index is 451. The standard InChI is InChI=1S/C10H21NO4Si.C7H15NO3Si/c1-5-10(11-9-12)16(13-6-2,14-7-3)15-8-4;1-4-7(8-6-9)5-12(10-2)11-3/h10H,5-8H2,1-4H3;7,12H,4-5H2,1-3H3. The van der Waals surface area contributed by atoms with Crippen LogP contribution in [0.1, 0.15) is 47.5 Å². The van der Waals surface area contributed by atoms with Crippen molar-refractivity contribution in [3.8, 4) is 0 Å². The van der Waals surface area contributed by atoms with Crippen LogP contribution in [0.15, 0.2) is 9.98 Å². The fraction of sp³-hybridized carbons (Fsp3) is 0.882. The van der Waals surface area contributed by atoms with Crippen LogP contribution in [0.2, 0.25) is 6.04 Å². The van der Waals surface area contributed by atoms with Gasteiger partial charge in [-0.05, 0) is 33.6 Å². The predicted octanol–water partition coefficient (Wildman–Crippen LogP) is 2.30. The van der Waals surface area contributed by atoms with Gasteiger partial charge in [-0.25, -0.2) is 14.6 Å². The highest BCUT2D eigenvalue weighted by Gasteiger charge is 2.49. The van der Waals surface area contributed by atoms with Crippen LogP contribution in [0, 0.1) is 0 Å². The van der Waals surface area contributed by atoms with Crippen LogP contribution in [-0.2, 0) is 31.7 Å². The summed E-state index contributed by atoms with van der Waals surface area (Å²) in [6.07, 6.45) is 4.59. The van der Waals surface area contributed by atoms with Crippen LogP contribution >= 0.6 is 0 Å². The van der Waals surface area contributed by atoms with E-state index in [1.165, 1.54) is 0 Å². The van der Waals surface area contributed by atoms with E-state index in [2.05, 4.69) is 9.98 Å². The Morgan fingerprint density at radius 3 is 1.57 bits per heavy atom. The molecule has 0 radical (unpaired) electrons. The second-order valence-corrected chi connectivity index (χ2v) is 10.5. The van der Waals surface area contributed by atoms with E-state index in [1.807, 2.05) is 34.6 Å². The zero-order chi connectivity index (χ0) is 21.8. The molecule has 0 amide bonds. The minimum Gasteiger partial charge on any atom is -0.400 e. The first-order chi connectivity index (χ1) is 13.5. The van der Waals surface area contributed by atoms with E-state index in [-0.39, 0.29) is 11.7 Å². The number of hydrogen-bond donors (Lipinski definition) is 0. The number of rotatable bonds is 15. The third-order valence-electron chi connectivity index (χ3n) is 3.74. The highest BCUT2D eigenvalue weighted by atomic mass is 28.4. The monoisotopic (exact) mass is 436 g/mol. The maximum atomic E-state index is 10.4. The largest absolute Gasteiger partial charge is 0.527 e. The van der Waals surface area contributed by atoms with Gasteiger partial charge in [-0.2, -0.15) is 4.99 Å². The van der Waals surface area contributed by atoms with Crippen LogP contribution in [0.3, 0.4) is 0 Å². The summed E-state index contributed by atoms with van der Waals surface area (Å²) in [5.74, 6) is 0. The number of carbonyl (C=O) groups excluding carboxylic acids is 2. The van der Waals surface area contributed by atoms with Crippen LogP contribution in [-0.4, -0.2) is 76.0 Å². The first kappa shape index (κ1) is 29.2. The zero-order valence-electron chi connectivity index (χ0n) is 18.2. The van der Waals surface area contributed by atoms with Gasteiger partial charge in [-0.1, -0.05) is 13.8 Å². The molecule has 164 valence electrons. The van der Waals surface area contributed by atoms with E-state index in [0.717, 1.165) is 12.5 Å². The molecule has 0 bridgehead atoms. The molecule has 0 N–H and O–H groups in total. The lowest BCUT2D eigenvalue weighted by atomic mass is 10.3. The van der Waals surface area contributed by atoms with Crippen molar-refractivity contribution in [2.45, 2.75) is 65.2 Å². The van der Waals surface area contributed by atoms with Crippen molar-refractivity contribution in [2.75, 3.05) is 34.0 Å². The average Bonchev–Trinajstić information content (AvgIpc) is 2.70. The van der Waals surface area contributed by atoms with Crippen molar-refractivity contribution in [1.82, 2.24) is 0 Å². The second-order valence-electron chi connectivity index (χ2n) is 5.47. The van der Waals surface area contributed by atoms with E-state index >= 15 is 0 Å². The Labute approximate surface area is 171 Å². The van der Waals surface area contributed by atoms with Gasteiger partial charge in [-0.3, -0.25) is 0 Å². The first-order valence-corrected chi connectivity index (χ1v) is 13.2. The van der Waals surface area contributed by atoms with E-state index in [0.29, 0.717) is 26.2 Å². The van der Waals surface area contributed by atoms with Crippen molar-refractivity contribution in [1.29, 1.82) is 0 Å². The first-order valence-electron chi connectivity index (χ1n) is 9.60. The quantitative estimate of drug-likeness (QED) is 0.220. The van der Waals surface area contributed by atoms with Gasteiger partial charge < -0.3 is 22.1 Å². The number of isocyanates is 2. The minimum atomic E-state index is -2.88. The molecule has 0 aromatic rings.